The van der Waals surface area contributed by atoms with Crippen LogP contribution < -0.4 is 5.32 Å². The third kappa shape index (κ3) is 4.55. The van der Waals surface area contributed by atoms with Gasteiger partial charge < -0.3 is 19.8 Å². The summed E-state index contributed by atoms with van der Waals surface area (Å²) < 4.78 is 5.96. The fraction of sp³-hybridized carbons (Fsp3) is 0.387. The zero-order chi connectivity index (χ0) is 25.7. The third-order valence-corrected chi connectivity index (χ3v) is 7.99. The van der Waals surface area contributed by atoms with E-state index in [1.807, 2.05) is 18.3 Å². The molecule has 3 N–H and O–H groups in total. The number of phenolic OH excluding ortho intramolecular Hbond substituents is 1. The first-order valence-electron chi connectivity index (χ1n) is 12.8. The first-order valence-corrected chi connectivity index (χ1v) is 12.8. The Hall–Kier alpha value is -3.47. The van der Waals surface area contributed by atoms with Crippen molar-refractivity contribution < 1.29 is 14.3 Å². The molecule has 2 heterocycles. The summed E-state index contributed by atoms with van der Waals surface area (Å²) in [6, 6.07) is 13.7. The molecular weight excluding hydrogens is 448 g/mol. The van der Waals surface area contributed by atoms with Gasteiger partial charge in [0.05, 0.1) is 0 Å². The fourth-order valence-electron chi connectivity index (χ4n) is 5.51. The molecule has 36 heavy (non-hydrogen) atoms. The Morgan fingerprint density at radius 3 is 2.47 bits per heavy atom. The average molecular weight is 485 g/mol. The molecule has 1 aliphatic rings. The molecule has 0 radical (unpaired) electrons. The number of aromatic hydroxyl groups is 1. The number of rotatable bonds is 6. The maximum absolute atomic E-state index is 12.7. The molecule has 1 aliphatic carbocycles. The van der Waals surface area contributed by atoms with Crippen molar-refractivity contribution in [3.05, 3.63) is 88.0 Å². The van der Waals surface area contributed by atoms with Crippen LogP contribution in [0.2, 0.25) is 0 Å². The smallest absolute Gasteiger partial charge is 0.287 e. The van der Waals surface area contributed by atoms with E-state index < -0.39 is 0 Å². The number of fused-ring (bicyclic) bond motifs is 2. The highest BCUT2D eigenvalue weighted by atomic mass is 16.3. The number of benzene rings is 2. The van der Waals surface area contributed by atoms with Gasteiger partial charge in [0.25, 0.3) is 5.91 Å². The molecule has 5 heteroatoms. The number of amides is 1. The van der Waals surface area contributed by atoms with E-state index in [2.05, 4.69) is 57.1 Å². The standard InChI is InChI=1S/C31H36N2O3/c1-19-14-25-26(31(4,5)12-11-30(25,2)3)16-21(19)15-23-7-9-28(36-23)29(35)32-13-10-20-18-33-27-8-6-22(34)17-24(20)27/h6-9,14,16-18,33-34H,10-13,15H2,1-5H3,(H,32,35). The number of nitrogens with one attached hydrogen (secondary N) is 2. The number of carbonyl (C=O) groups is 1. The summed E-state index contributed by atoms with van der Waals surface area (Å²) in [5.74, 6) is 1.15. The summed E-state index contributed by atoms with van der Waals surface area (Å²) in [5, 5.41) is 13.7. The van der Waals surface area contributed by atoms with Gasteiger partial charge in [-0.3, -0.25) is 4.79 Å². The molecule has 188 valence electrons. The molecule has 2 aromatic carbocycles. The summed E-state index contributed by atoms with van der Waals surface area (Å²) in [6.45, 7) is 12.0. The van der Waals surface area contributed by atoms with E-state index in [-0.39, 0.29) is 22.5 Å². The van der Waals surface area contributed by atoms with Gasteiger partial charge in [0.1, 0.15) is 11.5 Å². The van der Waals surface area contributed by atoms with Gasteiger partial charge in [0.2, 0.25) is 0 Å². The van der Waals surface area contributed by atoms with Crippen molar-refractivity contribution in [3.63, 3.8) is 0 Å². The monoisotopic (exact) mass is 484 g/mol. The molecule has 0 bridgehead atoms. The number of phenols is 1. The Morgan fingerprint density at radius 1 is 1.00 bits per heavy atom. The first kappa shape index (κ1) is 24.2. The highest BCUT2D eigenvalue weighted by Crippen LogP contribution is 2.46. The summed E-state index contributed by atoms with van der Waals surface area (Å²) in [4.78, 5) is 15.9. The predicted molar refractivity (Wildman–Crippen MR) is 144 cm³/mol. The van der Waals surface area contributed by atoms with Gasteiger partial charge in [0.15, 0.2) is 5.76 Å². The lowest BCUT2D eigenvalue weighted by atomic mass is 9.62. The van der Waals surface area contributed by atoms with Crippen molar-refractivity contribution in [2.24, 2.45) is 0 Å². The van der Waals surface area contributed by atoms with Crippen molar-refractivity contribution in [3.8, 4) is 5.75 Å². The molecule has 0 aliphatic heterocycles. The van der Waals surface area contributed by atoms with Crippen LogP contribution in [0.3, 0.4) is 0 Å². The number of furan rings is 1. The average Bonchev–Trinajstić information content (AvgIpc) is 3.45. The molecule has 0 fully saturated rings. The van der Waals surface area contributed by atoms with E-state index in [0.717, 1.165) is 22.2 Å². The van der Waals surface area contributed by atoms with Gasteiger partial charge >= 0.3 is 0 Å². The quantitative estimate of drug-likeness (QED) is 0.285. The van der Waals surface area contributed by atoms with Crippen molar-refractivity contribution in [2.75, 3.05) is 6.54 Å². The molecule has 5 nitrogen and oxygen atoms in total. The molecule has 0 unspecified atom stereocenters. The second kappa shape index (κ2) is 8.88. The predicted octanol–water partition coefficient (Wildman–Crippen LogP) is 6.69. The first-order chi connectivity index (χ1) is 17.0. The van der Waals surface area contributed by atoms with Crippen molar-refractivity contribution in [1.82, 2.24) is 10.3 Å². The number of carbonyl (C=O) groups excluding carboxylic acids is 1. The third-order valence-electron chi connectivity index (χ3n) is 7.99. The second-order valence-electron chi connectivity index (χ2n) is 11.6. The van der Waals surface area contributed by atoms with Crippen LogP contribution in [0, 0.1) is 6.92 Å². The highest BCUT2D eigenvalue weighted by Gasteiger charge is 2.37. The normalized spacial score (nSPS) is 16.1. The summed E-state index contributed by atoms with van der Waals surface area (Å²) >= 11 is 0. The molecular formula is C31H36N2O3. The van der Waals surface area contributed by atoms with Gasteiger partial charge in [-0.15, -0.1) is 0 Å². The minimum Gasteiger partial charge on any atom is -0.508 e. The number of hydrogen-bond acceptors (Lipinski definition) is 3. The Labute approximate surface area is 212 Å². The van der Waals surface area contributed by atoms with Gasteiger partial charge in [-0.25, -0.2) is 0 Å². The van der Waals surface area contributed by atoms with E-state index >= 15 is 0 Å². The van der Waals surface area contributed by atoms with Crippen LogP contribution in [0.15, 0.2) is 53.1 Å². The second-order valence-corrected chi connectivity index (χ2v) is 11.6. The lowest BCUT2D eigenvalue weighted by molar-refractivity contribution is 0.0925. The van der Waals surface area contributed by atoms with Gasteiger partial charge in [-0.2, -0.15) is 0 Å². The van der Waals surface area contributed by atoms with Crippen molar-refractivity contribution >= 4 is 16.8 Å². The zero-order valence-corrected chi connectivity index (χ0v) is 21.9. The van der Waals surface area contributed by atoms with E-state index in [4.69, 9.17) is 4.42 Å². The van der Waals surface area contributed by atoms with Crippen LogP contribution in [0.25, 0.3) is 10.9 Å². The van der Waals surface area contributed by atoms with E-state index in [9.17, 15) is 9.90 Å². The van der Waals surface area contributed by atoms with E-state index in [0.29, 0.717) is 25.1 Å². The maximum Gasteiger partial charge on any atom is 0.287 e. The van der Waals surface area contributed by atoms with Gasteiger partial charge in [-0.05, 0) is 95.2 Å². The van der Waals surface area contributed by atoms with Crippen LogP contribution >= 0.6 is 0 Å². The maximum atomic E-state index is 12.7. The van der Waals surface area contributed by atoms with Crippen LogP contribution in [0.5, 0.6) is 5.75 Å². The fourth-order valence-corrected chi connectivity index (χ4v) is 5.51. The molecule has 2 aromatic heterocycles. The lowest BCUT2D eigenvalue weighted by Gasteiger charge is -2.42. The largest absolute Gasteiger partial charge is 0.508 e. The van der Waals surface area contributed by atoms with Crippen molar-refractivity contribution in [2.45, 2.75) is 71.1 Å². The van der Waals surface area contributed by atoms with E-state index in [1.54, 1.807) is 18.2 Å². The highest BCUT2D eigenvalue weighted by molar-refractivity contribution is 5.91. The molecule has 5 rings (SSSR count). The Bertz CT molecular complexity index is 1440. The van der Waals surface area contributed by atoms with Crippen LogP contribution in [0.4, 0.5) is 0 Å². The molecule has 0 saturated carbocycles. The SMILES string of the molecule is Cc1cc2c(cc1Cc1ccc(C(=O)NCCc3c[nH]c4ccc(O)cc34)o1)C(C)(C)CCC2(C)C. The van der Waals surface area contributed by atoms with Gasteiger partial charge in [0, 0.05) is 30.1 Å². The number of hydrogen-bond donors (Lipinski definition) is 3. The topological polar surface area (TPSA) is 78.3 Å². The van der Waals surface area contributed by atoms with E-state index in [1.165, 1.54) is 35.1 Å². The minimum absolute atomic E-state index is 0.158. The summed E-state index contributed by atoms with van der Waals surface area (Å²) in [7, 11) is 0. The van der Waals surface area contributed by atoms with Crippen molar-refractivity contribution in [1.29, 1.82) is 0 Å². The number of H-pyrrole nitrogens is 1. The molecule has 0 saturated heterocycles. The number of aromatic amines is 1. The Kier molecular flexibility index (Phi) is 5.98. The Morgan fingerprint density at radius 2 is 1.72 bits per heavy atom. The molecule has 0 atom stereocenters. The summed E-state index contributed by atoms with van der Waals surface area (Å²) in [6.07, 6.45) is 5.63. The van der Waals surface area contributed by atoms with Gasteiger partial charge in [-0.1, -0.05) is 39.8 Å². The minimum atomic E-state index is -0.214. The number of aromatic nitrogens is 1. The van der Waals surface area contributed by atoms with Crippen LogP contribution in [-0.4, -0.2) is 22.5 Å². The van der Waals surface area contributed by atoms with Crippen LogP contribution in [0.1, 0.15) is 84.7 Å². The number of aryl methyl sites for hydroxylation is 1. The zero-order valence-electron chi connectivity index (χ0n) is 21.9. The lowest BCUT2D eigenvalue weighted by Crippen LogP contribution is -2.34. The summed E-state index contributed by atoms with van der Waals surface area (Å²) in [5.41, 5.74) is 7.79. The molecule has 1 amide bonds. The Balaban J connectivity index is 1.26. The molecule has 0 spiro atoms. The molecule has 4 aromatic rings. The van der Waals surface area contributed by atoms with Crippen LogP contribution in [-0.2, 0) is 23.7 Å².